The Morgan fingerprint density at radius 1 is 1.17 bits per heavy atom. The minimum Gasteiger partial charge on any atom is -0.0654 e. The maximum absolute atomic E-state index is 2.46. The lowest BCUT2D eigenvalue weighted by molar-refractivity contribution is 0.382. The SMILES string of the molecule is CCCC1C2CC3(CC12)CC3C. The molecule has 3 fully saturated rings. The monoisotopic (exact) mass is 164 g/mol. The molecular formula is C12H20. The van der Waals surface area contributed by atoms with Crippen molar-refractivity contribution < 1.29 is 0 Å². The first-order valence-corrected chi connectivity index (χ1v) is 5.77. The molecule has 1 spiro atoms. The van der Waals surface area contributed by atoms with Gasteiger partial charge in [-0.2, -0.15) is 0 Å². The number of hydrogen-bond donors (Lipinski definition) is 0. The van der Waals surface area contributed by atoms with Crippen LogP contribution in [0.15, 0.2) is 0 Å². The van der Waals surface area contributed by atoms with Crippen LogP contribution in [0.4, 0.5) is 0 Å². The van der Waals surface area contributed by atoms with Crippen molar-refractivity contribution in [3.63, 3.8) is 0 Å². The summed E-state index contributed by atoms with van der Waals surface area (Å²) in [5.41, 5.74) is 0.902. The van der Waals surface area contributed by atoms with Gasteiger partial charge in [0.05, 0.1) is 0 Å². The second-order valence-corrected chi connectivity index (χ2v) is 5.66. The van der Waals surface area contributed by atoms with Crippen LogP contribution in [-0.2, 0) is 0 Å². The van der Waals surface area contributed by atoms with Gasteiger partial charge in [0.1, 0.15) is 0 Å². The van der Waals surface area contributed by atoms with E-state index < -0.39 is 0 Å². The van der Waals surface area contributed by atoms with E-state index in [2.05, 4.69) is 13.8 Å². The first-order valence-electron chi connectivity index (χ1n) is 5.77. The lowest BCUT2D eigenvalue weighted by Crippen LogP contribution is -2.02. The number of hydrogen-bond acceptors (Lipinski definition) is 0. The second kappa shape index (κ2) is 2.08. The van der Waals surface area contributed by atoms with Crippen molar-refractivity contribution in [2.75, 3.05) is 0 Å². The third-order valence-electron chi connectivity index (χ3n) is 5.01. The van der Waals surface area contributed by atoms with Crippen LogP contribution in [0.2, 0.25) is 0 Å². The Bertz CT molecular complexity index is 194. The molecule has 68 valence electrons. The first kappa shape index (κ1) is 7.41. The first-order chi connectivity index (χ1) is 5.77. The molecule has 0 aromatic carbocycles. The molecule has 0 aromatic heterocycles. The highest BCUT2D eigenvalue weighted by Gasteiger charge is 2.67. The van der Waals surface area contributed by atoms with Crippen molar-refractivity contribution >= 4 is 0 Å². The minimum atomic E-state index is 0.902. The molecule has 0 saturated heterocycles. The summed E-state index contributed by atoms with van der Waals surface area (Å²) in [7, 11) is 0. The van der Waals surface area contributed by atoms with Crippen LogP contribution in [0.3, 0.4) is 0 Å². The molecule has 3 saturated carbocycles. The fraction of sp³-hybridized carbons (Fsp3) is 1.00. The van der Waals surface area contributed by atoms with Crippen LogP contribution >= 0.6 is 0 Å². The topological polar surface area (TPSA) is 0 Å². The summed E-state index contributed by atoms with van der Waals surface area (Å²) >= 11 is 0. The maximum Gasteiger partial charge on any atom is -0.0263 e. The molecule has 0 heterocycles. The highest BCUT2D eigenvalue weighted by Crippen LogP contribution is 2.75. The van der Waals surface area contributed by atoms with Crippen LogP contribution < -0.4 is 0 Å². The van der Waals surface area contributed by atoms with E-state index in [-0.39, 0.29) is 0 Å². The minimum absolute atomic E-state index is 0.902. The van der Waals surface area contributed by atoms with Gasteiger partial charge in [0.2, 0.25) is 0 Å². The predicted molar refractivity (Wildman–Crippen MR) is 50.8 cm³/mol. The molecule has 0 aliphatic heterocycles. The van der Waals surface area contributed by atoms with E-state index in [1.807, 2.05) is 0 Å². The largest absolute Gasteiger partial charge is 0.0654 e. The van der Waals surface area contributed by atoms with Gasteiger partial charge in [-0.05, 0) is 48.3 Å². The van der Waals surface area contributed by atoms with Gasteiger partial charge < -0.3 is 0 Å². The third kappa shape index (κ3) is 0.791. The highest BCUT2D eigenvalue weighted by atomic mass is 14.7. The summed E-state index contributed by atoms with van der Waals surface area (Å²) in [4.78, 5) is 0. The second-order valence-electron chi connectivity index (χ2n) is 5.66. The zero-order valence-corrected chi connectivity index (χ0v) is 8.34. The van der Waals surface area contributed by atoms with E-state index in [1.165, 1.54) is 30.6 Å². The standard InChI is InChI=1S/C12H20/c1-3-4-9-10-6-12(5-8(12)2)7-11(9)10/h8-11H,3-7H2,1-2H3. The van der Waals surface area contributed by atoms with E-state index >= 15 is 0 Å². The predicted octanol–water partition coefficient (Wildman–Crippen LogP) is 3.47. The average Bonchev–Trinajstić information content (AvgIpc) is 2.79. The Balaban J connectivity index is 1.60. The van der Waals surface area contributed by atoms with E-state index in [0.29, 0.717) is 0 Å². The van der Waals surface area contributed by atoms with Gasteiger partial charge in [0.15, 0.2) is 0 Å². The Hall–Kier alpha value is 0. The van der Waals surface area contributed by atoms with Gasteiger partial charge in [-0.15, -0.1) is 0 Å². The number of fused-ring (bicyclic) bond motifs is 1. The van der Waals surface area contributed by atoms with Crippen molar-refractivity contribution in [2.24, 2.45) is 29.1 Å². The van der Waals surface area contributed by atoms with Crippen molar-refractivity contribution in [1.82, 2.24) is 0 Å². The summed E-state index contributed by atoms with van der Waals surface area (Å²) in [6.07, 6.45) is 7.74. The molecule has 0 bridgehead atoms. The molecule has 12 heavy (non-hydrogen) atoms. The molecule has 0 radical (unpaired) electrons. The highest BCUT2D eigenvalue weighted by molar-refractivity contribution is 5.16. The summed E-state index contributed by atoms with van der Waals surface area (Å²) < 4.78 is 0. The summed E-state index contributed by atoms with van der Waals surface area (Å²) in [6.45, 7) is 4.79. The average molecular weight is 164 g/mol. The Morgan fingerprint density at radius 2 is 1.75 bits per heavy atom. The molecule has 0 aromatic rings. The number of rotatable bonds is 2. The molecule has 3 unspecified atom stereocenters. The summed E-state index contributed by atoms with van der Waals surface area (Å²) in [6, 6.07) is 0. The van der Waals surface area contributed by atoms with Gasteiger partial charge >= 0.3 is 0 Å². The molecule has 3 atom stereocenters. The Labute approximate surface area is 75.7 Å². The van der Waals surface area contributed by atoms with E-state index in [9.17, 15) is 0 Å². The molecule has 0 nitrogen and oxygen atoms in total. The quantitative estimate of drug-likeness (QED) is 0.586. The summed E-state index contributed by atoms with van der Waals surface area (Å²) in [5.74, 6) is 4.64. The Morgan fingerprint density at radius 3 is 2.17 bits per heavy atom. The molecule has 0 N–H and O–H groups in total. The summed E-state index contributed by atoms with van der Waals surface area (Å²) in [5, 5.41) is 0. The Kier molecular flexibility index (Phi) is 1.28. The van der Waals surface area contributed by atoms with E-state index in [4.69, 9.17) is 0 Å². The van der Waals surface area contributed by atoms with Crippen LogP contribution in [-0.4, -0.2) is 0 Å². The molecule has 0 heteroatoms. The molecule has 3 aliphatic rings. The van der Waals surface area contributed by atoms with Crippen molar-refractivity contribution in [2.45, 2.75) is 46.0 Å². The normalized spacial score (nSPS) is 60.5. The van der Waals surface area contributed by atoms with Gasteiger partial charge in [-0.3, -0.25) is 0 Å². The van der Waals surface area contributed by atoms with Crippen molar-refractivity contribution in [3.8, 4) is 0 Å². The van der Waals surface area contributed by atoms with E-state index in [1.54, 1.807) is 19.3 Å². The van der Waals surface area contributed by atoms with Crippen LogP contribution in [0, 0.1) is 29.1 Å². The van der Waals surface area contributed by atoms with Gasteiger partial charge in [-0.1, -0.05) is 26.7 Å². The molecular weight excluding hydrogens is 144 g/mol. The lowest BCUT2D eigenvalue weighted by atomic mass is 9.93. The fourth-order valence-electron chi connectivity index (χ4n) is 4.03. The molecule has 3 rings (SSSR count). The van der Waals surface area contributed by atoms with Crippen LogP contribution in [0.1, 0.15) is 46.0 Å². The van der Waals surface area contributed by atoms with Crippen molar-refractivity contribution in [3.05, 3.63) is 0 Å². The van der Waals surface area contributed by atoms with Crippen LogP contribution in [0.25, 0.3) is 0 Å². The van der Waals surface area contributed by atoms with Gasteiger partial charge in [0.25, 0.3) is 0 Å². The van der Waals surface area contributed by atoms with Gasteiger partial charge in [-0.25, -0.2) is 0 Å². The smallest absolute Gasteiger partial charge is 0.0263 e. The third-order valence-corrected chi connectivity index (χ3v) is 5.01. The van der Waals surface area contributed by atoms with Crippen LogP contribution in [0.5, 0.6) is 0 Å². The lowest BCUT2D eigenvalue weighted by Gasteiger charge is -2.12. The fourth-order valence-corrected chi connectivity index (χ4v) is 4.03. The van der Waals surface area contributed by atoms with Crippen molar-refractivity contribution in [1.29, 1.82) is 0 Å². The zero-order chi connectivity index (χ0) is 8.34. The van der Waals surface area contributed by atoms with E-state index in [0.717, 1.165) is 11.3 Å². The maximum atomic E-state index is 2.46. The molecule has 3 aliphatic carbocycles. The van der Waals surface area contributed by atoms with Gasteiger partial charge in [0, 0.05) is 0 Å². The molecule has 0 amide bonds. The zero-order valence-electron chi connectivity index (χ0n) is 8.34.